The van der Waals surface area contributed by atoms with Crippen LogP contribution in [0.4, 0.5) is 8.78 Å². The molecule has 0 aliphatic heterocycles. The molecule has 0 amide bonds. The number of hydrogen-bond donors (Lipinski definition) is 0. The predicted molar refractivity (Wildman–Crippen MR) is 57.6 cm³/mol. The molecule has 0 aliphatic carbocycles. The molecular formula is C12H12F2O3. The van der Waals surface area contributed by atoms with Crippen LogP contribution in [-0.4, -0.2) is 19.2 Å². The highest BCUT2D eigenvalue weighted by Crippen LogP contribution is 2.18. The molecule has 0 aromatic heterocycles. The molecule has 0 saturated carbocycles. The third-order valence-corrected chi connectivity index (χ3v) is 1.86. The van der Waals surface area contributed by atoms with Crippen LogP contribution in [0.3, 0.4) is 0 Å². The highest BCUT2D eigenvalue weighted by molar-refractivity contribution is 5.88. The van der Waals surface area contributed by atoms with Crippen LogP contribution in [0.1, 0.15) is 6.92 Å². The fraction of sp³-hybridized carbons (Fsp3) is 0.250. The average molecular weight is 242 g/mol. The standard InChI is InChI=1S/C12H12F2O3/c1-3-16-12(15)8(2)7-17-11-6-9(13)4-5-10(11)14/h4-6H,2-3,7H2,1H3. The van der Waals surface area contributed by atoms with Crippen LogP contribution in [0.25, 0.3) is 0 Å². The first-order chi connectivity index (χ1) is 8.04. The summed E-state index contributed by atoms with van der Waals surface area (Å²) in [7, 11) is 0. The minimum atomic E-state index is -0.706. The van der Waals surface area contributed by atoms with Crippen molar-refractivity contribution in [1.82, 2.24) is 0 Å². The van der Waals surface area contributed by atoms with Crippen LogP contribution in [0, 0.1) is 11.6 Å². The zero-order valence-corrected chi connectivity index (χ0v) is 9.33. The van der Waals surface area contributed by atoms with Gasteiger partial charge < -0.3 is 9.47 Å². The van der Waals surface area contributed by atoms with Crippen LogP contribution in [0.2, 0.25) is 0 Å². The van der Waals surface area contributed by atoms with Crippen molar-refractivity contribution >= 4 is 5.97 Å². The minimum Gasteiger partial charge on any atom is -0.485 e. The van der Waals surface area contributed by atoms with Gasteiger partial charge in [-0.05, 0) is 19.1 Å². The molecule has 1 rings (SSSR count). The van der Waals surface area contributed by atoms with Gasteiger partial charge in [0.15, 0.2) is 11.6 Å². The summed E-state index contributed by atoms with van der Waals surface area (Å²) in [6.45, 7) is 5.04. The van der Waals surface area contributed by atoms with Gasteiger partial charge in [0, 0.05) is 6.07 Å². The Morgan fingerprint density at radius 1 is 1.41 bits per heavy atom. The molecule has 1 aromatic rings. The van der Waals surface area contributed by atoms with E-state index in [0.29, 0.717) is 0 Å². The number of carbonyl (C=O) groups excluding carboxylic acids is 1. The normalized spacial score (nSPS) is 9.82. The van der Waals surface area contributed by atoms with Gasteiger partial charge in [-0.2, -0.15) is 0 Å². The SMILES string of the molecule is C=C(COc1cc(F)ccc1F)C(=O)OCC. The first-order valence-electron chi connectivity index (χ1n) is 4.97. The maximum Gasteiger partial charge on any atom is 0.336 e. The quantitative estimate of drug-likeness (QED) is 0.587. The van der Waals surface area contributed by atoms with Crippen molar-refractivity contribution in [3.8, 4) is 5.75 Å². The Hall–Kier alpha value is -1.91. The van der Waals surface area contributed by atoms with Crippen molar-refractivity contribution in [1.29, 1.82) is 0 Å². The zero-order chi connectivity index (χ0) is 12.8. The molecule has 0 unspecified atom stereocenters. The van der Waals surface area contributed by atoms with Crippen LogP contribution in [0.5, 0.6) is 5.75 Å². The lowest BCUT2D eigenvalue weighted by Gasteiger charge is -2.08. The first kappa shape index (κ1) is 13.2. The Labute approximate surface area is 97.7 Å². The number of rotatable bonds is 5. The molecule has 0 atom stereocenters. The summed E-state index contributed by atoms with van der Waals surface area (Å²) in [6.07, 6.45) is 0. The largest absolute Gasteiger partial charge is 0.485 e. The molecule has 0 N–H and O–H groups in total. The first-order valence-corrected chi connectivity index (χ1v) is 4.97. The van der Waals surface area contributed by atoms with E-state index in [1.165, 1.54) is 0 Å². The molecule has 0 saturated heterocycles. The van der Waals surface area contributed by atoms with Crippen molar-refractivity contribution in [2.24, 2.45) is 0 Å². The van der Waals surface area contributed by atoms with Crippen molar-refractivity contribution in [2.45, 2.75) is 6.92 Å². The van der Waals surface area contributed by atoms with Crippen LogP contribution >= 0.6 is 0 Å². The lowest BCUT2D eigenvalue weighted by atomic mass is 10.3. The molecule has 92 valence electrons. The van der Waals surface area contributed by atoms with Gasteiger partial charge in [-0.3, -0.25) is 0 Å². The summed E-state index contributed by atoms with van der Waals surface area (Å²) in [5.41, 5.74) is 0.0375. The second-order valence-corrected chi connectivity index (χ2v) is 3.19. The van der Waals surface area contributed by atoms with E-state index in [2.05, 4.69) is 11.3 Å². The number of ether oxygens (including phenoxy) is 2. The van der Waals surface area contributed by atoms with Crippen LogP contribution < -0.4 is 4.74 Å². The Kier molecular flexibility index (Phi) is 4.63. The number of hydrogen-bond acceptors (Lipinski definition) is 3. The summed E-state index contributed by atoms with van der Waals surface area (Å²) in [4.78, 5) is 11.1. The number of carbonyl (C=O) groups is 1. The van der Waals surface area contributed by atoms with E-state index in [0.717, 1.165) is 18.2 Å². The summed E-state index contributed by atoms with van der Waals surface area (Å²) >= 11 is 0. The fourth-order valence-corrected chi connectivity index (χ4v) is 1.04. The van der Waals surface area contributed by atoms with E-state index in [1.54, 1.807) is 6.92 Å². The molecule has 17 heavy (non-hydrogen) atoms. The fourth-order valence-electron chi connectivity index (χ4n) is 1.04. The smallest absolute Gasteiger partial charge is 0.336 e. The van der Waals surface area contributed by atoms with Gasteiger partial charge in [-0.1, -0.05) is 6.58 Å². The topological polar surface area (TPSA) is 35.5 Å². The highest BCUT2D eigenvalue weighted by atomic mass is 19.1. The Balaban J connectivity index is 2.58. The van der Waals surface area contributed by atoms with Crippen molar-refractivity contribution in [3.05, 3.63) is 42.0 Å². The van der Waals surface area contributed by atoms with Gasteiger partial charge in [0.05, 0.1) is 12.2 Å². The molecule has 0 radical (unpaired) electrons. The summed E-state index contributed by atoms with van der Waals surface area (Å²) in [6, 6.07) is 2.81. The third-order valence-electron chi connectivity index (χ3n) is 1.86. The Morgan fingerprint density at radius 3 is 2.76 bits per heavy atom. The van der Waals surface area contributed by atoms with Crippen LogP contribution in [0.15, 0.2) is 30.4 Å². The van der Waals surface area contributed by atoms with Crippen molar-refractivity contribution in [3.63, 3.8) is 0 Å². The maximum absolute atomic E-state index is 13.1. The number of halogens is 2. The van der Waals surface area contributed by atoms with Crippen molar-refractivity contribution < 1.29 is 23.0 Å². The summed E-state index contributed by atoms with van der Waals surface area (Å²) in [5, 5.41) is 0. The Bertz CT molecular complexity index is 430. The van der Waals surface area contributed by atoms with E-state index in [-0.39, 0.29) is 24.5 Å². The van der Waals surface area contributed by atoms with Crippen molar-refractivity contribution in [2.75, 3.05) is 13.2 Å². The van der Waals surface area contributed by atoms with Gasteiger partial charge in [0.1, 0.15) is 12.4 Å². The minimum absolute atomic E-state index is 0.0375. The van der Waals surface area contributed by atoms with E-state index in [1.807, 2.05) is 0 Å². The molecule has 0 heterocycles. The van der Waals surface area contributed by atoms with Gasteiger partial charge in [0.2, 0.25) is 0 Å². The number of benzene rings is 1. The van der Waals surface area contributed by atoms with Gasteiger partial charge in [0.25, 0.3) is 0 Å². The summed E-state index contributed by atoms with van der Waals surface area (Å²) < 4.78 is 35.5. The molecule has 0 spiro atoms. The lowest BCUT2D eigenvalue weighted by molar-refractivity contribution is -0.138. The molecular weight excluding hydrogens is 230 g/mol. The zero-order valence-electron chi connectivity index (χ0n) is 9.33. The van der Waals surface area contributed by atoms with Gasteiger partial charge >= 0.3 is 5.97 Å². The molecule has 1 aromatic carbocycles. The third kappa shape index (κ3) is 3.86. The highest BCUT2D eigenvalue weighted by Gasteiger charge is 2.10. The second kappa shape index (κ2) is 5.98. The van der Waals surface area contributed by atoms with E-state index < -0.39 is 17.6 Å². The predicted octanol–water partition coefficient (Wildman–Crippen LogP) is 2.46. The van der Waals surface area contributed by atoms with Gasteiger partial charge in [-0.15, -0.1) is 0 Å². The van der Waals surface area contributed by atoms with Gasteiger partial charge in [-0.25, -0.2) is 13.6 Å². The average Bonchev–Trinajstić information content (AvgIpc) is 2.30. The van der Waals surface area contributed by atoms with E-state index in [9.17, 15) is 13.6 Å². The lowest BCUT2D eigenvalue weighted by Crippen LogP contribution is -2.13. The molecule has 0 aliphatic rings. The molecule has 5 heteroatoms. The molecule has 0 bridgehead atoms. The Morgan fingerprint density at radius 2 is 2.12 bits per heavy atom. The van der Waals surface area contributed by atoms with Crippen LogP contribution in [-0.2, 0) is 9.53 Å². The summed E-state index contributed by atoms with van der Waals surface area (Å²) in [5.74, 6) is -2.22. The maximum atomic E-state index is 13.1. The molecule has 0 fully saturated rings. The molecule has 3 nitrogen and oxygen atoms in total. The van der Waals surface area contributed by atoms with E-state index in [4.69, 9.17) is 4.74 Å². The van der Waals surface area contributed by atoms with E-state index >= 15 is 0 Å². The second-order valence-electron chi connectivity index (χ2n) is 3.19. The monoisotopic (exact) mass is 242 g/mol. The number of esters is 1.